The molecule has 0 aliphatic carbocycles. The third kappa shape index (κ3) is 4.77. The van der Waals surface area contributed by atoms with E-state index >= 15 is 0 Å². The first-order chi connectivity index (χ1) is 11.9. The molecular formula is C17H16N2O6. The summed E-state index contributed by atoms with van der Waals surface area (Å²) in [5, 5.41) is 10.5. The Balaban J connectivity index is 2.12. The summed E-state index contributed by atoms with van der Waals surface area (Å²) in [5.41, 5.74) is 0.539. The third-order valence-electron chi connectivity index (χ3n) is 3.18. The SMILES string of the molecule is CN(C)C(=O)[C@H](OC(=O)/C=C/c1ccc([N+](=O)[O-])o1)c1ccccc1. The van der Waals surface area contributed by atoms with Crippen molar-refractivity contribution in [2.45, 2.75) is 6.10 Å². The summed E-state index contributed by atoms with van der Waals surface area (Å²) in [4.78, 5) is 35.5. The van der Waals surface area contributed by atoms with Gasteiger partial charge in [0.2, 0.25) is 6.10 Å². The van der Waals surface area contributed by atoms with Crippen LogP contribution in [0.2, 0.25) is 0 Å². The predicted molar refractivity (Wildman–Crippen MR) is 88.4 cm³/mol. The maximum Gasteiger partial charge on any atom is 0.433 e. The number of amides is 1. The normalized spacial score (nSPS) is 11.9. The highest BCUT2D eigenvalue weighted by Crippen LogP contribution is 2.20. The monoisotopic (exact) mass is 344 g/mol. The van der Waals surface area contributed by atoms with E-state index in [1.165, 1.54) is 23.1 Å². The van der Waals surface area contributed by atoms with E-state index in [0.717, 1.165) is 6.08 Å². The van der Waals surface area contributed by atoms with Gasteiger partial charge in [-0.05, 0) is 12.1 Å². The minimum atomic E-state index is -1.08. The van der Waals surface area contributed by atoms with Gasteiger partial charge < -0.3 is 14.1 Å². The Morgan fingerprint density at radius 1 is 1.20 bits per heavy atom. The van der Waals surface area contributed by atoms with Gasteiger partial charge in [0, 0.05) is 25.7 Å². The van der Waals surface area contributed by atoms with E-state index in [-0.39, 0.29) is 11.7 Å². The second kappa shape index (κ2) is 7.91. The zero-order valence-corrected chi connectivity index (χ0v) is 13.6. The van der Waals surface area contributed by atoms with Crippen molar-refractivity contribution in [3.63, 3.8) is 0 Å². The van der Waals surface area contributed by atoms with Gasteiger partial charge in [-0.3, -0.25) is 14.9 Å². The Kier molecular flexibility index (Phi) is 5.67. The molecule has 8 heteroatoms. The summed E-state index contributed by atoms with van der Waals surface area (Å²) in [7, 11) is 3.12. The zero-order chi connectivity index (χ0) is 18.4. The second-order valence-electron chi connectivity index (χ2n) is 5.23. The van der Waals surface area contributed by atoms with Gasteiger partial charge in [-0.2, -0.15) is 0 Å². The number of ether oxygens (including phenoxy) is 1. The lowest BCUT2D eigenvalue weighted by Gasteiger charge is -2.20. The Labute approximate surface area is 143 Å². The lowest BCUT2D eigenvalue weighted by Crippen LogP contribution is -2.30. The number of carbonyl (C=O) groups is 2. The smallest absolute Gasteiger partial charge is 0.433 e. The molecule has 0 aliphatic heterocycles. The van der Waals surface area contributed by atoms with Crippen molar-refractivity contribution in [1.82, 2.24) is 4.90 Å². The third-order valence-corrected chi connectivity index (χ3v) is 3.18. The van der Waals surface area contributed by atoms with Crippen LogP contribution in [0.5, 0.6) is 0 Å². The molecule has 0 saturated heterocycles. The van der Waals surface area contributed by atoms with E-state index in [4.69, 9.17) is 9.15 Å². The van der Waals surface area contributed by atoms with Gasteiger partial charge in [0.25, 0.3) is 5.91 Å². The molecule has 130 valence electrons. The molecule has 0 fully saturated rings. The summed E-state index contributed by atoms with van der Waals surface area (Å²) < 4.78 is 10.1. The lowest BCUT2D eigenvalue weighted by atomic mass is 10.1. The van der Waals surface area contributed by atoms with Crippen LogP contribution in [-0.2, 0) is 14.3 Å². The summed E-state index contributed by atoms with van der Waals surface area (Å²) in [5.74, 6) is -1.47. The number of hydrogen-bond donors (Lipinski definition) is 0. The van der Waals surface area contributed by atoms with Crippen molar-refractivity contribution in [2.24, 2.45) is 0 Å². The van der Waals surface area contributed by atoms with E-state index in [0.29, 0.717) is 5.56 Å². The van der Waals surface area contributed by atoms with Crippen LogP contribution < -0.4 is 0 Å². The fourth-order valence-corrected chi connectivity index (χ4v) is 1.96. The van der Waals surface area contributed by atoms with Crippen LogP contribution in [0, 0.1) is 10.1 Å². The van der Waals surface area contributed by atoms with Crippen molar-refractivity contribution in [3.8, 4) is 0 Å². The van der Waals surface area contributed by atoms with Gasteiger partial charge in [0.15, 0.2) is 0 Å². The highest BCUT2D eigenvalue weighted by atomic mass is 16.6. The minimum absolute atomic E-state index is 0.124. The van der Waals surface area contributed by atoms with E-state index in [1.807, 2.05) is 0 Å². The Morgan fingerprint density at radius 2 is 1.88 bits per heavy atom. The molecule has 1 amide bonds. The minimum Gasteiger partial charge on any atom is -0.444 e. The van der Waals surface area contributed by atoms with E-state index in [9.17, 15) is 19.7 Å². The number of hydrogen-bond acceptors (Lipinski definition) is 6. The number of carbonyl (C=O) groups excluding carboxylic acids is 2. The van der Waals surface area contributed by atoms with Gasteiger partial charge in [-0.25, -0.2) is 4.79 Å². The van der Waals surface area contributed by atoms with Gasteiger partial charge in [-0.15, -0.1) is 0 Å². The van der Waals surface area contributed by atoms with Crippen molar-refractivity contribution in [2.75, 3.05) is 14.1 Å². The van der Waals surface area contributed by atoms with E-state index in [2.05, 4.69) is 0 Å². The Hall–Kier alpha value is -3.42. The van der Waals surface area contributed by atoms with Crippen molar-refractivity contribution < 1.29 is 23.7 Å². The average molecular weight is 344 g/mol. The zero-order valence-electron chi connectivity index (χ0n) is 13.6. The van der Waals surface area contributed by atoms with Crippen LogP contribution in [0.15, 0.2) is 53.0 Å². The molecular weight excluding hydrogens is 328 g/mol. The van der Waals surface area contributed by atoms with Crippen LogP contribution in [-0.4, -0.2) is 35.8 Å². The topological polar surface area (TPSA) is 103 Å². The van der Waals surface area contributed by atoms with Crippen LogP contribution in [0.3, 0.4) is 0 Å². The number of nitro groups is 1. The molecule has 0 unspecified atom stereocenters. The molecule has 2 rings (SSSR count). The molecule has 1 aromatic heterocycles. The van der Waals surface area contributed by atoms with Crippen molar-refractivity contribution >= 4 is 23.8 Å². The number of likely N-dealkylation sites (N-methyl/N-ethyl adjacent to an activating group) is 1. The Morgan fingerprint density at radius 3 is 2.44 bits per heavy atom. The largest absolute Gasteiger partial charge is 0.444 e. The fraction of sp³-hybridized carbons (Fsp3) is 0.176. The second-order valence-corrected chi connectivity index (χ2v) is 5.23. The van der Waals surface area contributed by atoms with Crippen molar-refractivity contribution in [3.05, 3.63) is 70.0 Å². The van der Waals surface area contributed by atoms with E-state index in [1.54, 1.807) is 44.4 Å². The van der Waals surface area contributed by atoms with E-state index < -0.39 is 22.9 Å². The number of benzene rings is 1. The summed E-state index contributed by atoms with van der Waals surface area (Å²) >= 11 is 0. The molecule has 0 aliphatic rings. The number of furan rings is 1. The number of nitrogens with zero attached hydrogens (tertiary/aromatic N) is 2. The van der Waals surface area contributed by atoms with Crippen LogP contribution in [0.4, 0.5) is 5.88 Å². The van der Waals surface area contributed by atoms with Gasteiger partial charge in [0.05, 0.1) is 6.07 Å². The van der Waals surface area contributed by atoms with Crippen LogP contribution >= 0.6 is 0 Å². The standard InChI is InChI=1S/C17H16N2O6/c1-18(2)17(21)16(12-6-4-3-5-7-12)25-15(20)11-9-13-8-10-14(24-13)19(22)23/h3-11,16H,1-2H3/b11-9+/t16-/m1/s1. The van der Waals surface area contributed by atoms with Gasteiger partial charge in [-0.1, -0.05) is 30.3 Å². The van der Waals surface area contributed by atoms with Gasteiger partial charge in [0.1, 0.15) is 10.7 Å². The molecule has 0 saturated carbocycles. The van der Waals surface area contributed by atoms with Crippen LogP contribution in [0.25, 0.3) is 6.08 Å². The van der Waals surface area contributed by atoms with Crippen molar-refractivity contribution in [1.29, 1.82) is 0 Å². The molecule has 8 nitrogen and oxygen atoms in total. The molecule has 0 spiro atoms. The maximum atomic E-state index is 12.3. The first kappa shape index (κ1) is 17.9. The maximum absolute atomic E-state index is 12.3. The molecule has 1 atom stereocenters. The molecule has 0 radical (unpaired) electrons. The summed E-state index contributed by atoms with van der Waals surface area (Å²) in [6.45, 7) is 0. The quantitative estimate of drug-likeness (QED) is 0.345. The first-order valence-corrected chi connectivity index (χ1v) is 7.27. The van der Waals surface area contributed by atoms with Crippen LogP contribution in [0.1, 0.15) is 17.4 Å². The predicted octanol–water partition coefficient (Wildman–Crippen LogP) is 2.57. The number of rotatable bonds is 6. The molecule has 0 N–H and O–H groups in total. The van der Waals surface area contributed by atoms with Gasteiger partial charge >= 0.3 is 11.9 Å². The average Bonchev–Trinajstić information content (AvgIpc) is 3.07. The molecule has 1 aromatic carbocycles. The molecule has 0 bridgehead atoms. The molecule has 25 heavy (non-hydrogen) atoms. The lowest BCUT2D eigenvalue weighted by molar-refractivity contribution is -0.402. The summed E-state index contributed by atoms with van der Waals surface area (Å²) in [6.07, 6.45) is 1.19. The molecule has 2 aromatic rings. The fourth-order valence-electron chi connectivity index (χ4n) is 1.96. The number of esters is 1. The molecule has 1 heterocycles. The summed E-state index contributed by atoms with van der Waals surface area (Å²) in [6, 6.07) is 11.1. The Bertz CT molecular complexity index is 794. The first-order valence-electron chi connectivity index (χ1n) is 7.27. The highest BCUT2D eigenvalue weighted by molar-refractivity contribution is 5.90. The highest BCUT2D eigenvalue weighted by Gasteiger charge is 2.25.